The first kappa shape index (κ1) is 18.2. The highest BCUT2D eigenvalue weighted by atomic mass is 35.5. The summed E-state index contributed by atoms with van der Waals surface area (Å²) >= 11 is 0. The SMILES string of the molecule is CC(C)N1CC(n2ncc3c(=O)[nH]c(C4CNC4)nc32)C1.Cl.Cl. The summed E-state index contributed by atoms with van der Waals surface area (Å²) in [5.74, 6) is 1.10. The number of aromatic amines is 1. The van der Waals surface area contributed by atoms with Crippen LogP contribution in [0.25, 0.3) is 11.0 Å². The molecule has 0 spiro atoms. The number of nitrogens with zero attached hydrogens (tertiary/aromatic N) is 4. The summed E-state index contributed by atoms with van der Waals surface area (Å²) in [6, 6.07) is 0.877. The van der Waals surface area contributed by atoms with Crippen LogP contribution in [-0.2, 0) is 0 Å². The molecule has 7 nitrogen and oxygen atoms in total. The van der Waals surface area contributed by atoms with E-state index in [1.165, 1.54) is 0 Å². The van der Waals surface area contributed by atoms with Gasteiger partial charge in [0.25, 0.3) is 5.56 Å². The van der Waals surface area contributed by atoms with Gasteiger partial charge in [0.15, 0.2) is 5.65 Å². The minimum atomic E-state index is -0.0758. The third-order valence-electron chi connectivity index (χ3n) is 4.62. The molecule has 0 aliphatic carbocycles. The number of hydrogen-bond donors (Lipinski definition) is 2. The fraction of sp³-hybridized carbons (Fsp3) is 0.643. The maximum Gasteiger partial charge on any atom is 0.262 e. The normalized spacial score (nSPS) is 19.1. The predicted molar refractivity (Wildman–Crippen MR) is 94.0 cm³/mol. The van der Waals surface area contributed by atoms with Crippen LogP contribution in [0.3, 0.4) is 0 Å². The minimum absolute atomic E-state index is 0. The molecule has 0 atom stereocenters. The monoisotopic (exact) mass is 360 g/mol. The molecule has 0 amide bonds. The topological polar surface area (TPSA) is 78.8 Å². The molecule has 2 aromatic heterocycles. The Morgan fingerprint density at radius 3 is 2.52 bits per heavy atom. The van der Waals surface area contributed by atoms with Crippen molar-refractivity contribution in [2.45, 2.75) is 31.8 Å². The highest BCUT2D eigenvalue weighted by molar-refractivity contribution is 5.85. The van der Waals surface area contributed by atoms with Gasteiger partial charge in [0.1, 0.15) is 11.2 Å². The third kappa shape index (κ3) is 2.98. The summed E-state index contributed by atoms with van der Waals surface area (Å²) in [7, 11) is 0. The molecule has 0 aromatic carbocycles. The Kier molecular flexibility index (Phi) is 5.35. The maximum atomic E-state index is 12.2. The minimum Gasteiger partial charge on any atom is -0.315 e. The number of H-pyrrole nitrogens is 1. The molecule has 4 heterocycles. The zero-order valence-corrected chi connectivity index (χ0v) is 14.8. The number of rotatable bonds is 3. The van der Waals surface area contributed by atoms with Crippen LogP contribution in [0.2, 0.25) is 0 Å². The Hall–Kier alpha value is -1.15. The van der Waals surface area contributed by atoms with Gasteiger partial charge in [0.2, 0.25) is 0 Å². The van der Waals surface area contributed by atoms with Crippen LogP contribution in [-0.4, -0.2) is 56.9 Å². The number of fused-ring (bicyclic) bond motifs is 1. The van der Waals surface area contributed by atoms with E-state index >= 15 is 0 Å². The molecule has 2 aliphatic rings. The van der Waals surface area contributed by atoms with E-state index in [0.29, 0.717) is 23.4 Å². The van der Waals surface area contributed by atoms with Crippen molar-refractivity contribution >= 4 is 35.8 Å². The zero-order chi connectivity index (χ0) is 14.6. The van der Waals surface area contributed by atoms with Gasteiger partial charge >= 0.3 is 0 Å². The van der Waals surface area contributed by atoms with E-state index in [1.54, 1.807) is 6.20 Å². The van der Waals surface area contributed by atoms with Gasteiger partial charge in [-0.2, -0.15) is 5.10 Å². The van der Waals surface area contributed by atoms with Crippen LogP contribution in [0.1, 0.15) is 31.6 Å². The van der Waals surface area contributed by atoms with Gasteiger partial charge in [0.05, 0.1) is 12.2 Å². The number of likely N-dealkylation sites (tertiary alicyclic amines) is 1. The molecular formula is C14H22Cl2N6O. The molecule has 2 fully saturated rings. The molecule has 2 saturated heterocycles. The molecule has 0 radical (unpaired) electrons. The first-order valence-corrected chi connectivity index (χ1v) is 7.55. The van der Waals surface area contributed by atoms with Gasteiger partial charge in [-0.05, 0) is 13.8 Å². The number of halogens is 2. The van der Waals surface area contributed by atoms with Crippen LogP contribution in [0.15, 0.2) is 11.0 Å². The summed E-state index contributed by atoms with van der Waals surface area (Å²) in [6.45, 7) is 8.11. The maximum absolute atomic E-state index is 12.2. The summed E-state index contributed by atoms with van der Waals surface area (Å²) < 4.78 is 1.93. The summed E-state index contributed by atoms with van der Waals surface area (Å²) in [6.07, 6.45) is 1.64. The molecule has 0 bridgehead atoms. The molecule has 0 saturated carbocycles. The van der Waals surface area contributed by atoms with Crippen molar-refractivity contribution in [3.8, 4) is 0 Å². The van der Waals surface area contributed by atoms with Gasteiger partial charge in [-0.3, -0.25) is 9.69 Å². The van der Waals surface area contributed by atoms with E-state index in [4.69, 9.17) is 0 Å². The van der Waals surface area contributed by atoms with Gasteiger partial charge in [0, 0.05) is 38.1 Å². The van der Waals surface area contributed by atoms with Crippen LogP contribution in [0.5, 0.6) is 0 Å². The number of nitrogens with one attached hydrogen (secondary N) is 2. The van der Waals surface area contributed by atoms with E-state index < -0.39 is 0 Å². The lowest BCUT2D eigenvalue weighted by molar-refractivity contribution is 0.0696. The molecule has 2 aliphatic heterocycles. The molecule has 23 heavy (non-hydrogen) atoms. The first-order chi connectivity index (χ1) is 10.1. The first-order valence-electron chi connectivity index (χ1n) is 7.55. The third-order valence-corrected chi connectivity index (χ3v) is 4.62. The fourth-order valence-electron chi connectivity index (χ4n) is 2.96. The lowest BCUT2D eigenvalue weighted by Gasteiger charge is -2.42. The summed E-state index contributed by atoms with van der Waals surface area (Å²) in [4.78, 5) is 22.1. The Bertz CT molecular complexity index is 732. The average molecular weight is 361 g/mol. The molecule has 4 rings (SSSR count). The van der Waals surface area contributed by atoms with Gasteiger partial charge < -0.3 is 10.3 Å². The Labute approximate surface area is 146 Å². The highest BCUT2D eigenvalue weighted by Crippen LogP contribution is 2.25. The van der Waals surface area contributed by atoms with Crippen molar-refractivity contribution in [2.75, 3.05) is 26.2 Å². The van der Waals surface area contributed by atoms with Crippen molar-refractivity contribution in [1.29, 1.82) is 0 Å². The molecule has 2 aromatic rings. The van der Waals surface area contributed by atoms with Crippen LogP contribution >= 0.6 is 24.8 Å². The molecule has 0 unspecified atom stereocenters. The smallest absolute Gasteiger partial charge is 0.262 e. The largest absolute Gasteiger partial charge is 0.315 e. The number of hydrogen-bond acceptors (Lipinski definition) is 5. The van der Waals surface area contributed by atoms with E-state index in [2.05, 4.69) is 39.1 Å². The highest BCUT2D eigenvalue weighted by Gasteiger charge is 2.32. The van der Waals surface area contributed by atoms with Crippen molar-refractivity contribution in [3.63, 3.8) is 0 Å². The van der Waals surface area contributed by atoms with E-state index in [0.717, 1.165) is 37.7 Å². The second-order valence-corrected chi connectivity index (χ2v) is 6.33. The van der Waals surface area contributed by atoms with E-state index in [-0.39, 0.29) is 30.4 Å². The summed E-state index contributed by atoms with van der Waals surface area (Å²) in [5.41, 5.74) is 0.655. The van der Waals surface area contributed by atoms with Gasteiger partial charge in [-0.15, -0.1) is 24.8 Å². The lowest BCUT2D eigenvalue weighted by Crippen LogP contribution is -2.51. The van der Waals surface area contributed by atoms with Crippen molar-refractivity contribution in [1.82, 2.24) is 30.0 Å². The van der Waals surface area contributed by atoms with E-state index in [1.807, 2.05) is 4.68 Å². The van der Waals surface area contributed by atoms with Crippen molar-refractivity contribution < 1.29 is 0 Å². The summed E-state index contributed by atoms with van der Waals surface area (Å²) in [5, 5.41) is 8.21. The molecule has 2 N–H and O–H groups in total. The standard InChI is InChI=1S/C14H20N6O.2ClH/c1-8(2)19-6-10(7-19)20-13-11(5-16-20)14(21)18-12(17-13)9-3-15-4-9;;/h5,8-10,15H,3-4,6-7H2,1-2H3,(H,17,18,21);2*1H. The average Bonchev–Trinajstić information content (AvgIpc) is 2.69. The molecular weight excluding hydrogens is 339 g/mol. The van der Waals surface area contributed by atoms with E-state index in [9.17, 15) is 4.79 Å². The number of aromatic nitrogens is 4. The Morgan fingerprint density at radius 2 is 1.96 bits per heavy atom. The second-order valence-electron chi connectivity index (χ2n) is 6.33. The Morgan fingerprint density at radius 1 is 1.26 bits per heavy atom. The van der Waals surface area contributed by atoms with Crippen molar-refractivity contribution in [3.05, 3.63) is 22.4 Å². The predicted octanol–water partition coefficient (Wildman–Crippen LogP) is 0.915. The van der Waals surface area contributed by atoms with Gasteiger partial charge in [-0.25, -0.2) is 9.67 Å². The molecule has 9 heteroatoms. The zero-order valence-electron chi connectivity index (χ0n) is 13.2. The van der Waals surface area contributed by atoms with Crippen molar-refractivity contribution in [2.24, 2.45) is 0 Å². The molecule has 128 valence electrons. The fourth-order valence-corrected chi connectivity index (χ4v) is 2.96. The van der Waals surface area contributed by atoms with Crippen LogP contribution in [0, 0.1) is 0 Å². The second kappa shape index (κ2) is 6.76. The van der Waals surface area contributed by atoms with Crippen LogP contribution in [0.4, 0.5) is 0 Å². The van der Waals surface area contributed by atoms with Crippen LogP contribution < -0.4 is 10.9 Å². The Balaban J connectivity index is 0.000000960. The lowest BCUT2D eigenvalue weighted by atomic mass is 10.0. The quantitative estimate of drug-likeness (QED) is 0.850. The van der Waals surface area contributed by atoms with Gasteiger partial charge in [-0.1, -0.05) is 0 Å².